The van der Waals surface area contributed by atoms with Crippen molar-refractivity contribution in [3.63, 3.8) is 0 Å². The topological polar surface area (TPSA) is 115 Å². The van der Waals surface area contributed by atoms with Crippen molar-refractivity contribution in [3.8, 4) is 0 Å². The lowest BCUT2D eigenvalue weighted by Gasteiger charge is -1.78. The van der Waals surface area contributed by atoms with Crippen molar-refractivity contribution in [2.24, 2.45) is 0 Å². The lowest BCUT2D eigenvalue weighted by Crippen LogP contribution is -1.81. The molecule has 0 aliphatic carbocycles. The molecule has 0 fully saturated rings. The van der Waals surface area contributed by atoms with E-state index in [0.717, 1.165) is 0 Å². The van der Waals surface area contributed by atoms with Gasteiger partial charge in [0.15, 0.2) is 0 Å². The zero-order valence-electron chi connectivity index (χ0n) is 11.1. The van der Waals surface area contributed by atoms with Gasteiger partial charge in [-0.1, -0.05) is 36.4 Å². The smallest absolute Gasteiger partial charge is 0.450 e. The number of benzene rings is 2. The van der Waals surface area contributed by atoms with Crippen LogP contribution in [0.2, 0.25) is 0 Å². The minimum atomic E-state index is -1.83. The van der Waals surface area contributed by atoms with Crippen LogP contribution < -0.4 is 0 Å². The van der Waals surface area contributed by atoms with Crippen molar-refractivity contribution in [2.75, 3.05) is 0 Å². The summed E-state index contributed by atoms with van der Waals surface area (Å²) in [5.41, 5.74) is 0. The first-order valence-electron chi connectivity index (χ1n) is 5.50. The van der Waals surface area contributed by atoms with E-state index in [1.165, 1.54) is 24.3 Å². The number of rotatable bonds is 0. The van der Waals surface area contributed by atoms with Gasteiger partial charge >= 0.3 is 12.3 Å². The summed E-state index contributed by atoms with van der Waals surface area (Å²) >= 11 is 0. The third-order valence-electron chi connectivity index (χ3n) is 1.47. The second-order valence-corrected chi connectivity index (χ2v) is 3.16. The van der Waals surface area contributed by atoms with E-state index < -0.39 is 12.3 Å². The highest BCUT2D eigenvalue weighted by atomic mass is 19.1. The minimum absolute atomic E-state index is 0.178. The third kappa shape index (κ3) is 25.6. The lowest BCUT2D eigenvalue weighted by molar-refractivity contribution is 0.135. The van der Waals surface area contributed by atoms with Crippen LogP contribution >= 0.6 is 0 Å². The van der Waals surface area contributed by atoms with Gasteiger partial charge in [-0.05, 0) is 24.3 Å². The Morgan fingerprint density at radius 3 is 0.864 bits per heavy atom. The fraction of sp³-hybridized carbons (Fsp3) is 0. The Hall–Kier alpha value is -3.16. The number of carbonyl (C=O) groups is 2. The minimum Gasteiger partial charge on any atom is -0.450 e. The SMILES string of the molecule is Fc1ccccc1.Fc1ccccc1.O=C(O)O.O=C(O)O. The molecule has 0 bridgehead atoms. The molecule has 0 atom stereocenters. The summed E-state index contributed by atoms with van der Waals surface area (Å²) in [6.45, 7) is 0. The van der Waals surface area contributed by atoms with Crippen LogP contribution in [0.3, 0.4) is 0 Å². The standard InChI is InChI=1S/2C6H5F.2CH2O3/c2*7-6-4-2-1-3-5-6;2*2-1(3)4/h2*1-5H;2*(H2,2,3,4). The van der Waals surface area contributed by atoms with Crippen LogP contribution in [0.5, 0.6) is 0 Å². The summed E-state index contributed by atoms with van der Waals surface area (Å²) in [7, 11) is 0. The van der Waals surface area contributed by atoms with Crippen molar-refractivity contribution < 1.29 is 38.8 Å². The zero-order valence-corrected chi connectivity index (χ0v) is 11.1. The maximum Gasteiger partial charge on any atom is 0.503 e. The summed E-state index contributed by atoms with van der Waals surface area (Å²) in [5, 5.41) is 27.9. The van der Waals surface area contributed by atoms with Crippen LogP contribution in [0.25, 0.3) is 0 Å². The molecule has 2 aromatic rings. The van der Waals surface area contributed by atoms with Crippen molar-refractivity contribution in [1.82, 2.24) is 0 Å². The Morgan fingerprint density at radius 1 is 0.591 bits per heavy atom. The molecule has 0 amide bonds. The molecule has 0 radical (unpaired) electrons. The summed E-state index contributed by atoms with van der Waals surface area (Å²) in [5.74, 6) is -0.356. The van der Waals surface area contributed by atoms with Gasteiger partial charge in [-0.15, -0.1) is 0 Å². The molecular formula is C14H14F2O6. The summed E-state index contributed by atoms with van der Waals surface area (Å²) in [6, 6.07) is 15.9. The first-order valence-corrected chi connectivity index (χ1v) is 5.50. The molecule has 0 aliphatic heterocycles. The van der Waals surface area contributed by atoms with Crippen LogP contribution in [0.4, 0.5) is 18.4 Å². The molecule has 6 nitrogen and oxygen atoms in total. The van der Waals surface area contributed by atoms with E-state index >= 15 is 0 Å². The largest absolute Gasteiger partial charge is 0.503 e. The van der Waals surface area contributed by atoms with Crippen LogP contribution in [-0.4, -0.2) is 32.7 Å². The average molecular weight is 316 g/mol. The maximum atomic E-state index is 11.9. The molecule has 0 aliphatic rings. The molecular weight excluding hydrogens is 302 g/mol. The average Bonchev–Trinajstić information content (AvgIpc) is 2.40. The van der Waals surface area contributed by atoms with Gasteiger partial charge in [0.1, 0.15) is 11.6 Å². The van der Waals surface area contributed by atoms with E-state index in [0.29, 0.717) is 0 Å². The molecule has 4 N–H and O–H groups in total. The zero-order chi connectivity index (χ0) is 17.4. The fourth-order valence-electron chi connectivity index (χ4n) is 0.829. The number of hydrogen-bond donors (Lipinski definition) is 4. The summed E-state index contributed by atoms with van der Waals surface area (Å²) < 4.78 is 23.8. The molecule has 0 saturated carbocycles. The lowest BCUT2D eigenvalue weighted by atomic mass is 10.4. The van der Waals surface area contributed by atoms with Crippen LogP contribution in [-0.2, 0) is 0 Å². The molecule has 0 saturated heterocycles. The molecule has 22 heavy (non-hydrogen) atoms. The second kappa shape index (κ2) is 14.3. The van der Waals surface area contributed by atoms with Gasteiger partial charge in [0.25, 0.3) is 0 Å². The normalized spacial score (nSPS) is 7.73. The van der Waals surface area contributed by atoms with E-state index in [1.54, 1.807) is 36.4 Å². The van der Waals surface area contributed by atoms with E-state index in [1.807, 2.05) is 0 Å². The van der Waals surface area contributed by atoms with E-state index in [2.05, 4.69) is 0 Å². The third-order valence-corrected chi connectivity index (χ3v) is 1.47. The van der Waals surface area contributed by atoms with Crippen LogP contribution in [0, 0.1) is 11.6 Å². The summed E-state index contributed by atoms with van der Waals surface area (Å²) in [6.07, 6.45) is -3.67. The molecule has 2 aromatic carbocycles. The summed E-state index contributed by atoms with van der Waals surface area (Å²) in [4.78, 5) is 17.1. The quantitative estimate of drug-likeness (QED) is 0.581. The highest BCUT2D eigenvalue weighted by Gasteiger charge is 1.77. The first kappa shape index (κ1) is 21.1. The second-order valence-electron chi connectivity index (χ2n) is 3.16. The Bertz CT molecular complexity index is 462. The van der Waals surface area contributed by atoms with E-state index in [9.17, 15) is 8.78 Å². The highest BCUT2D eigenvalue weighted by molar-refractivity contribution is 5.53. The van der Waals surface area contributed by atoms with Crippen molar-refractivity contribution in [2.45, 2.75) is 0 Å². The van der Waals surface area contributed by atoms with Gasteiger partial charge in [-0.2, -0.15) is 0 Å². The Kier molecular flexibility index (Phi) is 13.7. The van der Waals surface area contributed by atoms with Crippen LogP contribution in [0.15, 0.2) is 60.7 Å². The van der Waals surface area contributed by atoms with Crippen molar-refractivity contribution in [1.29, 1.82) is 0 Å². The predicted octanol–water partition coefficient (Wildman–Crippen LogP) is 4.10. The van der Waals surface area contributed by atoms with Gasteiger partial charge in [0.2, 0.25) is 0 Å². The van der Waals surface area contributed by atoms with Gasteiger partial charge < -0.3 is 20.4 Å². The Balaban J connectivity index is 0. The van der Waals surface area contributed by atoms with Crippen molar-refractivity contribution >= 4 is 12.3 Å². The highest BCUT2D eigenvalue weighted by Crippen LogP contribution is 1.92. The Labute approximate surface area is 124 Å². The van der Waals surface area contributed by atoms with Gasteiger partial charge in [0, 0.05) is 0 Å². The molecule has 8 heteroatoms. The molecule has 0 unspecified atom stereocenters. The molecule has 120 valence electrons. The number of halogens is 2. The van der Waals surface area contributed by atoms with Crippen molar-refractivity contribution in [3.05, 3.63) is 72.3 Å². The van der Waals surface area contributed by atoms with E-state index in [-0.39, 0.29) is 11.6 Å². The molecule has 0 aromatic heterocycles. The molecule has 2 rings (SSSR count). The predicted molar refractivity (Wildman–Crippen MR) is 74.1 cm³/mol. The maximum absolute atomic E-state index is 11.9. The number of hydrogen-bond acceptors (Lipinski definition) is 2. The van der Waals surface area contributed by atoms with Gasteiger partial charge in [-0.3, -0.25) is 0 Å². The first-order chi connectivity index (χ1) is 10.3. The number of carboxylic acid groups (broad SMARTS) is 4. The van der Waals surface area contributed by atoms with E-state index in [4.69, 9.17) is 30.0 Å². The van der Waals surface area contributed by atoms with Gasteiger partial charge in [0.05, 0.1) is 0 Å². The van der Waals surface area contributed by atoms with Crippen LogP contribution in [0.1, 0.15) is 0 Å². The van der Waals surface area contributed by atoms with Gasteiger partial charge in [-0.25, -0.2) is 18.4 Å². The molecule has 0 spiro atoms. The Morgan fingerprint density at radius 2 is 0.773 bits per heavy atom. The monoisotopic (exact) mass is 316 g/mol. The fourth-order valence-corrected chi connectivity index (χ4v) is 0.829. The molecule has 0 heterocycles.